The van der Waals surface area contributed by atoms with Crippen LogP contribution < -0.4 is 5.73 Å². The maximum Gasteiger partial charge on any atom is 0.249 e. The van der Waals surface area contributed by atoms with Gasteiger partial charge in [0.05, 0.1) is 0 Å². The predicted octanol–water partition coefficient (Wildman–Crippen LogP) is 0.922. The summed E-state index contributed by atoms with van der Waals surface area (Å²) in [6, 6.07) is 4.00. The molecule has 0 aliphatic heterocycles. The van der Waals surface area contributed by atoms with Gasteiger partial charge < -0.3 is 15.0 Å². The van der Waals surface area contributed by atoms with Crippen LogP contribution in [0.4, 0.5) is 0 Å². The third kappa shape index (κ3) is 4.67. The number of aryl methyl sites for hydroxylation is 1. The number of nitrogens with zero attached hydrogens (tertiary/aromatic N) is 1. The molecule has 0 aliphatic rings. The second-order valence-corrected chi connectivity index (χ2v) is 3.43. The predicted molar refractivity (Wildman–Crippen MR) is 55.7 cm³/mol. The minimum atomic E-state index is -0.819. The van der Waals surface area contributed by atoms with Crippen LogP contribution in [0.2, 0.25) is 0 Å². The summed E-state index contributed by atoms with van der Waals surface area (Å²) in [6.45, 7) is 3.24. The normalized spacial score (nSPS) is 10.3. The highest BCUT2D eigenvalue weighted by atomic mass is 16.5. The first kappa shape index (κ1) is 12.7. The zero-order valence-corrected chi connectivity index (χ0v) is 9.15. The van der Waals surface area contributed by atoms with Crippen molar-refractivity contribution in [3.8, 4) is 0 Å². The van der Waals surface area contributed by atoms with Crippen LogP contribution in [-0.4, -0.2) is 23.2 Å². The zero-order valence-electron chi connectivity index (χ0n) is 9.15. The summed E-state index contributed by atoms with van der Waals surface area (Å²) in [7, 11) is 3.45. The van der Waals surface area contributed by atoms with Crippen molar-refractivity contribution in [3.05, 3.63) is 24.5 Å². The Hall–Kier alpha value is -1.29. The van der Waals surface area contributed by atoms with Gasteiger partial charge in [-0.2, -0.15) is 0 Å². The number of amides is 1. The molecule has 4 heteroatoms. The number of ether oxygens (including phenoxy) is 1. The molecule has 1 amide bonds. The Morgan fingerprint density at radius 2 is 1.79 bits per heavy atom. The molecule has 0 saturated carbocycles. The molecule has 0 radical (unpaired) electrons. The first-order valence-corrected chi connectivity index (χ1v) is 4.32. The van der Waals surface area contributed by atoms with Gasteiger partial charge in [0.1, 0.15) is 5.60 Å². The van der Waals surface area contributed by atoms with E-state index in [-0.39, 0.29) is 0 Å². The SMILES string of the molecule is COC(C)(C)C(N)=O.Cn1cccc1. The first-order valence-electron chi connectivity index (χ1n) is 4.32. The highest BCUT2D eigenvalue weighted by Gasteiger charge is 2.22. The Labute approximate surface area is 84.7 Å². The van der Waals surface area contributed by atoms with Gasteiger partial charge in [0.25, 0.3) is 0 Å². The van der Waals surface area contributed by atoms with Crippen molar-refractivity contribution in [1.82, 2.24) is 4.57 Å². The number of rotatable bonds is 2. The van der Waals surface area contributed by atoms with E-state index >= 15 is 0 Å². The van der Waals surface area contributed by atoms with E-state index in [9.17, 15) is 4.79 Å². The van der Waals surface area contributed by atoms with Crippen LogP contribution in [0.25, 0.3) is 0 Å². The number of hydrogen-bond acceptors (Lipinski definition) is 2. The van der Waals surface area contributed by atoms with Gasteiger partial charge in [0.2, 0.25) is 5.91 Å². The van der Waals surface area contributed by atoms with Crippen LogP contribution in [0.5, 0.6) is 0 Å². The van der Waals surface area contributed by atoms with E-state index in [2.05, 4.69) is 0 Å². The van der Waals surface area contributed by atoms with Gasteiger partial charge in [-0.3, -0.25) is 4.79 Å². The molecule has 0 unspecified atom stereocenters. The first-order chi connectivity index (χ1) is 6.40. The number of nitrogens with two attached hydrogens (primary N) is 1. The monoisotopic (exact) mass is 198 g/mol. The molecule has 0 bridgehead atoms. The summed E-state index contributed by atoms with van der Waals surface area (Å²) in [5.41, 5.74) is 4.10. The maximum atomic E-state index is 10.3. The van der Waals surface area contributed by atoms with Gasteiger partial charge in [-0.05, 0) is 26.0 Å². The van der Waals surface area contributed by atoms with Gasteiger partial charge in [-0.1, -0.05) is 0 Å². The van der Waals surface area contributed by atoms with E-state index in [0.29, 0.717) is 0 Å². The molecular weight excluding hydrogens is 180 g/mol. The number of primary amides is 1. The van der Waals surface area contributed by atoms with Crippen LogP contribution in [-0.2, 0) is 16.6 Å². The molecule has 1 aromatic heterocycles. The summed E-state index contributed by atoms with van der Waals surface area (Å²) in [5.74, 6) is -0.444. The fourth-order valence-corrected chi connectivity index (χ4v) is 0.521. The van der Waals surface area contributed by atoms with E-state index < -0.39 is 11.5 Å². The van der Waals surface area contributed by atoms with Crippen LogP contribution in [0.3, 0.4) is 0 Å². The largest absolute Gasteiger partial charge is 0.369 e. The Morgan fingerprint density at radius 3 is 1.86 bits per heavy atom. The molecule has 1 heterocycles. The second-order valence-electron chi connectivity index (χ2n) is 3.43. The molecule has 0 atom stereocenters. The Morgan fingerprint density at radius 1 is 1.36 bits per heavy atom. The van der Waals surface area contributed by atoms with Gasteiger partial charge >= 0.3 is 0 Å². The zero-order chi connectivity index (χ0) is 11.2. The molecule has 0 aliphatic carbocycles. The third-order valence-electron chi connectivity index (χ3n) is 1.86. The molecule has 0 aromatic carbocycles. The summed E-state index contributed by atoms with van der Waals surface area (Å²) in [4.78, 5) is 10.3. The summed E-state index contributed by atoms with van der Waals surface area (Å²) in [5, 5.41) is 0. The minimum Gasteiger partial charge on any atom is -0.369 e. The van der Waals surface area contributed by atoms with Crippen LogP contribution in [0, 0.1) is 0 Å². The van der Waals surface area contributed by atoms with Gasteiger partial charge in [-0.15, -0.1) is 0 Å². The molecule has 4 nitrogen and oxygen atoms in total. The van der Waals surface area contributed by atoms with Crippen molar-refractivity contribution in [2.75, 3.05) is 7.11 Å². The van der Waals surface area contributed by atoms with Gasteiger partial charge in [0.15, 0.2) is 0 Å². The van der Waals surface area contributed by atoms with Crippen LogP contribution in [0.1, 0.15) is 13.8 Å². The van der Waals surface area contributed by atoms with Crippen LogP contribution >= 0.6 is 0 Å². The van der Waals surface area contributed by atoms with Crippen molar-refractivity contribution in [3.63, 3.8) is 0 Å². The van der Waals surface area contributed by atoms with E-state index in [4.69, 9.17) is 10.5 Å². The lowest BCUT2D eigenvalue weighted by molar-refractivity contribution is -0.135. The number of hydrogen-bond donors (Lipinski definition) is 1. The smallest absolute Gasteiger partial charge is 0.249 e. The fraction of sp³-hybridized carbons (Fsp3) is 0.500. The lowest BCUT2D eigenvalue weighted by atomic mass is 10.1. The number of carbonyl (C=O) groups is 1. The third-order valence-corrected chi connectivity index (χ3v) is 1.86. The minimum absolute atomic E-state index is 0.444. The second kappa shape index (κ2) is 5.44. The standard InChI is InChI=1S/C5H11NO2.C5H7N/c1-5(2,8-3)4(6)7;1-6-4-2-3-5-6/h1-3H3,(H2,6,7);2-5H,1H3. The molecule has 14 heavy (non-hydrogen) atoms. The molecule has 1 aromatic rings. The lowest BCUT2D eigenvalue weighted by Crippen LogP contribution is -2.39. The molecule has 1 rings (SSSR count). The topological polar surface area (TPSA) is 57.2 Å². The van der Waals surface area contributed by atoms with Crippen molar-refractivity contribution < 1.29 is 9.53 Å². The number of methoxy groups -OCH3 is 1. The van der Waals surface area contributed by atoms with E-state index in [1.54, 1.807) is 13.8 Å². The van der Waals surface area contributed by atoms with E-state index in [0.717, 1.165) is 0 Å². The maximum absolute atomic E-state index is 10.3. The Bertz CT molecular complexity index is 266. The van der Waals surface area contributed by atoms with E-state index in [1.165, 1.54) is 7.11 Å². The quantitative estimate of drug-likeness (QED) is 0.768. The van der Waals surface area contributed by atoms with Crippen molar-refractivity contribution in [2.45, 2.75) is 19.4 Å². The highest BCUT2D eigenvalue weighted by molar-refractivity contribution is 5.82. The Kier molecular flexibility index (Phi) is 4.94. The fourth-order valence-electron chi connectivity index (χ4n) is 0.521. The van der Waals surface area contributed by atoms with Crippen molar-refractivity contribution in [2.24, 2.45) is 12.8 Å². The summed E-state index contributed by atoms with van der Waals surface area (Å²) < 4.78 is 6.72. The summed E-state index contributed by atoms with van der Waals surface area (Å²) in [6.07, 6.45) is 4.00. The molecular formula is C10H18N2O2. The average Bonchev–Trinajstić information content (AvgIpc) is 2.57. The number of carbonyl (C=O) groups excluding carboxylic acids is 1. The lowest BCUT2D eigenvalue weighted by Gasteiger charge is -2.17. The summed E-state index contributed by atoms with van der Waals surface area (Å²) >= 11 is 0. The molecule has 0 spiro atoms. The van der Waals surface area contributed by atoms with Gasteiger partial charge in [-0.25, -0.2) is 0 Å². The van der Waals surface area contributed by atoms with E-state index in [1.807, 2.05) is 36.1 Å². The molecule has 0 fully saturated rings. The van der Waals surface area contributed by atoms with Gasteiger partial charge in [0, 0.05) is 26.6 Å². The average molecular weight is 198 g/mol. The highest BCUT2D eigenvalue weighted by Crippen LogP contribution is 2.03. The Balaban J connectivity index is 0.000000249. The van der Waals surface area contributed by atoms with Crippen molar-refractivity contribution in [1.29, 1.82) is 0 Å². The van der Waals surface area contributed by atoms with Crippen LogP contribution in [0.15, 0.2) is 24.5 Å². The molecule has 2 N–H and O–H groups in total. The molecule has 80 valence electrons. The molecule has 0 saturated heterocycles. The number of aromatic nitrogens is 1. The van der Waals surface area contributed by atoms with Crippen molar-refractivity contribution >= 4 is 5.91 Å².